The first-order valence-electron chi connectivity index (χ1n) is 5.23. The number of ether oxygens (including phenoxy) is 1. The molecule has 0 saturated heterocycles. The highest BCUT2D eigenvalue weighted by molar-refractivity contribution is 5.66. The second kappa shape index (κ2) is 7.25. The number of aliphatic carboxylic acids is 1. The molecule has 5 heteroatoms. The Hall–Kier alpha value is -2.06. The number of nitriles is 1. The van der Waals surface area contributed by atoms with Crippen LogP contribution < -0.4 is 10.1 Å². The molecular formula is C12H14N2O3. The first-order valence-corrected chi connectivity index (χ1v) is 5.23. The summed E-state index contributed by atoms with van der Waals surface area (Å²) in [6.07, 6.45) is 0.102. The predicted molar refractivity (Wildman–Crippen MR) is 61.5 cm³/mol. The van der Waals surface area contributed by atoms with Crippen molar-refractivity contribution >= 4 is 5.97 Å². The number of carbonyl (C=O) groups is 1. The molecule has 0 bridgehead atoms. The minimum Gasteiger partial charge on any atom is -0.481 e. The lowest BCUT2D eigenvalue weighted by Crippen LogP contribution is -2.17. The number of hydrogen-bond donors (Lipinski definition) is 2. The van der Waals surface area contributed by atoms with Gasteiger partial charge in [0.1, 0.15) is 11.8 Å². The molecule has 0 aromatic heterocycles. The lowest BCUT2D eigenvalue weighted by Gasteiger charge is -2.06. The number of nitrogens with one attached hydrogen (secondary N) is 1. The topological polar surface area (TPSA) is 82.3 Å². The fraction of sp³-hybridized carbons (Fsp3) is 0.333. The minimum absolute atomic E-state index is 0.0237. The van der Waals surface area contributed by atoms with Crippen molar-refractivity contribution in [1.29, 1.82) is 5.26 Å². The smallest absolute Gasteiger partial charge is 0.304 e. The van der Waals surface area contributed by atoms with E-state index in [-0.39, 0.29) is 13.0 Å². The zero-order chi connectivity index (χ0) is 12.5. The van der Waals surface area contributed by atoms with E-state index < -0.39 is 5.97 Å². The Morgan fingerprint density at radius 3 is 3.06 bits per heavy atom. The molecule has 0 saturated carbocycles. The summed E-state index contributed by atoms with van der Waals surface area (Å²) in [6, 6.07) is 9.24. The van der Waals surface area contributed by atoms with E-state index >= 15 is 0 Å². The SMILES string of the molecule is N#CCOc1cccc(CNCCC(=O)O)c1. The van der Waals surface area contributed by atoms with Crippen molar-refractivity contribution in [1.82, 2.24) is 5.32 Å². The molecule has 0 aliphatic rings. The standard InChI is InChI=1S/C12H14N2O3/c13-5-7-17-11-3-1-2-10(8-11)9-14-6-4-12(15)16/h1-3,8,14H,4,6-7,9H2,(H,15,16). The van der Waals surface area contributed by atoms with E-state index in [1.54, 1.807) is 6.07 Å². The van der Waals surface area contributed by atoms with E-state index in [9.17, 15) is 4.79 Å². The zero-order valence-electron chi connectivity index (χ0n) is 9.35. The number of hydrogen-bond acceptors (Lipinski definition) is 4. The predicted octanol–water partition coefficient (Wildman–Crippen LogP) is 1.15. The summed E-state index contributed by atoms with van der Waals surface area (Å²) in [5.41, 5.74) is 0.992. The maximum Gasteiger partial charge on any atom is 0.304 e. The van der Waals surface area contributed by atoms with Crippen LogP contribution in [0.3, 0.4) is 0 Å². The Labute approximate surface area is 99.6 Å². The number of nitrogens with zero attached hydrogens (tertiary/aromatic N) is 1. The number of benzene rings is 1. The molecule has 0 spiro atoms. The molecule has 0 unspecified atom stereocenters. The average molecular weight is 234 g/mol. The van der Waals surface area contributed by atoms with Gasteiger partial charge in [0.05, 0.1) is 6.42 Å². The van der Waals surface area contributed by atoms with E-state index in [1.165, 1.54) is 0 Å². The molecule has 0 fully saturated rings. The van der Waals surface area contributed by atoms with Gasteiger partial charge < -0.3 is 15.2 Å². The summed E-state index contributed by atoms with van der Waals surface area (Å²) in [6.45, 7) is 1.03. The van der Waals surface area contributed by atoms with Crippen molar-refractivity contribution in [3.05, 3.63) is 29.8 Å². The number of rotatable bonds is 7. The molecular weight excluding hydrogens is 220 g/mol. The van der Waals surface area contributed by atoms with Crippen LogP contribution in [0.2, 0.25) is 0 Å². The zero-order valence-corrected chi connectivity index (χ0v) is 9.35. The lowest BCUT2D eigenvalue weighted by atomic mass is 10.2. The average Bonchev–Trinajstić information content (AvgIpc) is 2.32. The Balaban J connectivity index is 2.38. The third-order valence-corrected chi connectivity index (χ3v) is 2.05. The monoisotopic (exact) mass is 234 g/mol. The van der Waals surface area contributed by atoms with Crippen LogP contribution in [0, 0.1) is 11.3 Å². The molecule has 0 amide bonds. The largest absolute Gasteiger partial charge is 0.481 e. The molecule has 90 valence electrons. The van der Waals surface area contributed by atoms with E-state index in [4.69, 9.17) is 15.1 Å². The Morgan fingerprint density at radius 2 is 2.35 bits per heavy atom. The fourth-order valence-electron chi connectivity index (χ4n) is 1.29. The van der Waals surface area contributed by atoms with Gasteiger partial charge in [0.2, 0.25) is 0 Å². The van der Waals surface area contributed by atoms with Gasteiger partial charge in [0.25, 0.3) is 0 Å². The lowest BCUT2D eigenvalue weighted by molar-refractivity contribution is -0.136. The first kappa shape index (κ1) is 13.0. The summed E-state index contributed by atoms with van der Waals surface area (Å²) in [7, 11) is 0. The molecule has 1 rings (SSSR count). The fourth-order valence-corrected chi connectivity index (χ4v) is 1.29. The van der Waals surface area contributed by atoms with Crippen LogP contribution in [-0.2, 0) is 11.3 Å². The molecule has 5 nitrogen and oxygen atoms in total. The quantitative estimate of drug-likeness (QED) is 0.691. The van der Waals surface area contributed by atoms with E-state index in [0.29, 0.717) is 18.8 Å². The second-order valence-corrected chi connectivity index (χ2v) is 3.41. The third kappa shape index (κ3) is 5.54. The van der Waals surface area contributed by atoms with Crippen LogP contribution in [0.25, 0.3) is 0 Å². The van der Waals surface area contributed by atoms with Crippen LogP contribution in [0.4, 0.5) is 0 Å². The molecule has 17 heavy (non-hydrogen) atoms. The summed E-state index contributed by atoms with van der Waals surface area (Å²) < 4.78 is 5.16. The van der Waals surface area contributed by atoms with Gasteiger partial charge in [0.15, 0.2) is 6.61 Å². The highest BCUT2D eigenvalue weighted by Crippen LogP contribution is 2.12. The van der Waals surface area contributed by atoms with Gasteiger partial charge in [-0.15, -0.1) is 0 Å². The van der Waals surface area contributed by atoms with E-state index in [2.05, 4.69) is 5.32 Å². The van der Waals surface area contributed by atoms with Crippen LogP contribution in [0.15, 0.2) is 24.3 Å². The van der Waals surface area contributed by atoms with Gasteiger partial charge >= 0.3 is 5.97 Å². The van der Waals surface area contributed by atoms with Crippen LogP contribution in [0.1, 0.15) is 12.0 Å². The van der Waals surface area contributed by atoms with E-state index in [1.807, 2.05) is 24.3 Å². The third-order valence-electron chi connectivity index (χ3n) is 2.05. The maximum atomic E-state index is 10.3. The minimum atomic E-state index is -0.816. The molecule has 1 aromatic carbocycles. The molecule has 0 atom stereocenters. The molecule has 0 heterocycles. The Bertz CT molecular complexity index is 412. The van der Waals surface area contributed by atoms with Crippen molar-refractivity contribution in [2.45, 2.75) is 13.0 Å². The van der Waals surface area contributed by atoms with E-state index in [0.717, 1.165) is 5.56 Å². The first-order chi connectivity index (χ1) is 8.22. The van der Waals surface area contributed by atoms with Crippen LogP contribution in [-0.4, -0.2) is 24.2 Å². The van der Waals surface area contributed by atoms with Gasteiger partial charge in [0, 0.05) is 13.1 Å². The normalized spacial score (nSPS) is 9.59. The molecule has 1 aromatic rings. The summed E-state index contributed by atoms with van der Waals surface area (Å²) in [5.74, 6) is -0.173. The molecule has 0 radical (unpaired) electrons. The number of carboxylic acid groups (broad SMARTS) is 1. The summed E-state index contributed by atoms with van der Waals surface area (Å²) in [5, 5.41) is 19.9. The van der Waals surface area contributed by atoms with Crippen molar-refractivity contribution in [3.8, 4) is 11.8 Å². The molecule has 0 aliphatic heterocycles. The maximum absolute atomic E-state index is 10.3. The van der Waals surface area contributed by atoms with Crippen molar-refractivity contribution in [3.63, 3.8) is 0 Å². The van der Waals surface area contributed by atoms with Crippen molar-refractivity contribution in [2.75, 3.05) is 13.2 Å². The molecule has 2 N–H and O–H groups in total. The van der Waals surface area contributed by atoms with Crippen molar-refractivity contribution in [2.24, 2.45) is 0 Å². The Morgan fingerprint density at radius 1 is 1.53 bits per heavy atom. The van der Waals surface area contributed by atoms with Crippen LogP contribution in [0.5, 0.6) is 5.75 Å². The van der Waals surface area contributed by atoms with Gasteiger partial charge in [-0.2, -0.15) is 5.26 Å². The second-order valence-electron chi connectivity index (χ2n) is 3.41. The highest BCUT2D eigenvalue weighted by Gasteiger charge is 1.98. The number of carboxylic acids is 1. The van der Waals surface area contributed by atoms with Gasteiger partial charge in [-0.3, -0.25) is 4.79 Å². The van der Waals surface area contributed by atoms with Gasteiger partial charge in [-0.1, -0.05) is 12.1 Å². The summed E-state index contributed by atoms with van der Waals surface area (Å²) in [4.78, 5) is 10.3. The summed E-state index contributed by atoms with van der Waals surface area (Å²) >= 11 is 0. The highest BCUT2D eigenvalue weighted by atomic mass is 16.5. The van der Waals surface area contributed by atoms with Crippen LogP contribution >= 0.6 is 0 Å². The Kier molecular flexibility index (Phi) is 5.55. The van der Waals surface area contributed by atoms with Gasteiger partial charge in [-0.05, 0) is 17.7 Å². The molecule has 0 aliphatic carbocycles. The van der Waals surface area contributed by atoms with Gasteiger partial charge in [-0.25, -0.2) is 0 Å². The van der Waals surface area contributed by atoms with Crippen molar-refractivity contribution < 1.29 is 14.6 Å².